The summed E-state index contributed by atoms with van der Waals surface area (Å²) in [6.45, 7) is 0. The van der Waals surface area contributed by atoms with E-state index in [2.05, 4.69) is 10.1 Å². The summed E-state index contributed by atoms with van der Waals surface area (Å²) in [6.07, 6.45) is 5.54. The molecule has 25 heavy (non-hydrogen) atoms. The van der Waals surface area contributed by atoms with Crippen LogP contribution >= 0.6 is 22.9 Å². The minimum atomic E-state index is -0.165. The van der Waals surface area contributed by atoms with Crippen LogP contribution in [0.15, 0.2) is 59.4 Å². The number of thiazole rings is 1. The number of nitrogens with zero attached hydrogens (tertiary/aromatic N) is 3. The Kier molecular flexibility index (Phi) is 4.17. The van der Waals surface area contributed by atoms with Gasteiger partial charge in [-0.1, -0.05) is 71.5 Å². The predicted octanol–water partition coefficient (Wildman–Crippen LogP) is 3.52. The number of hydrogen-bond acceptors (Lipinski definition) is 4. The Hall–Kier alpha value is -2.76. The minimum Gasteiger partial charge on any atom is -0.266 e. The van der Waals surface area contributed by atoms with Crippen molar-refractivity contribution in [3.63, 3.8) is 0 Å². The normalized spacial score (nSPS) is 12.4. The van der Waals surface area contributed by atoms with Crippen LogP contribution in [-0.2, 0) is 0 Å². The van der Waals surface area contributed by atoms with Crippen LogP contribution in [0.25, 0.3) is 23.2 Å². The van der Waals surface area contributed by atoms with Crippen LogP contribution in [0.1, 0.15) is 17.0 Å². The van der Waals surface area contributed by atoms with Crippen molar-refractivity contribution in [2.75, 3.05) is 0 Å². The van der Waals surface area contributed by atoms with Gasteiger partial charge in [0.15, 0.2) is 5.82 Å². The highest BCUT2D eigenvalue weighted by Crippen LogP contribution is 2.11. The van der Waals surface area contributed by atoms with E-state index in [1.165, 1.54) is 15.9 Å². The molecule has 0 aliphatic carbocycles. The average molecular weight is 366 g/mol. The van der Waals surface area contributed by atoms with Crippen LogP contribution in [0, 0.1) is 0 Å². The van der Waals surface area contributed by atoms with Crippen molar-refractivity contribution in [2.24, 2.45) is 0 Å². The summed E-state index contributed by atoms with van der Waals surface area (Å²) in [7, 11) is 0. The number of rotatable bonds is 3. The molecule has 0 aliphatic heterocycles. The number of benzene rings is 2. The molecule has 4 rings (SSSR count). The van der Waals surface area contributed by atoms with Gasteiger partial charge in [-0.15, -0.1) is 5.10 Å². The molecular formula is C19H12ClN3OS. The maximum atomic E-state index is 12.5. The lowest BCUT2D eigenvalue weighted by molar-refractivity contribution is 0.925. The van der Waals surface area contributed by atoms with E-state index in [9.17, 15) is 4.79 Å². The summed E-state index contributed by atoms with van der Waals surface area (Å²) in [6, 6.07) is 17.2. The fourth-order valence-electron chi connectivity index (χ4n) is 2.36. The molecule has 0 radical (unpaired) electrons. The third-order valence-electron chi connectivity index (χ3n) is 3.59. The molecule has 6 heteroatoms. The fourth-order valence-corrected chi connectivity index (χ4v) is 3.41. The largest absolute Gasteiger partial charge is 0.291 e. The fraction of sp³-hybridized carbons (Fsp3) is 0. The third-order valence-corrected chi connectivity index (χ3v) is 4.80. The molecule has 0 unspecified atom stereocenters. The predicted molar refractivity (Wildman–Crippen MR) is 103 cm³/mol. The Morgan fingerprint density at radius 3 is 2.44 bits per heavy atom. The zero-order valence-electron chi connectivity index (χ0n) is 13.0. The molecule has 0 bridgehead atoms. The van der Waals surface area contributed by atoms with Gasteiger partial charge in [0.05, 0.1) is 4.53 Å². The van der Waals surface area contributed by atoms with Crippen LogP contribution in [-0.4, -0.2) is 14.6 Å². The van der Waals surface area contributed by atoms with Crippen molar-refractivity contribution < 1.29 is 0 Å². The van der Waals surface area contributed by atoms with Gasteiger partial charge in [0.1, 0.15) is 0 Å². The topological polar surface area (TPSA) is 47.3 Å². The summed E-state index contributed by atoms with van der Waals surface area (Å²) >= 11 is 7.20. The maximum absolute atomic E-state index is 12.5. The van der Waals surface area contributed by atoms with Gasteiger partial charge in [0, 0.05) is 5.02 Å². The molecule has 0 saturated carbocycles. The molecule has 2 heterocycles. The highest BCUT2D eigenvalue weighted by atomic mass is 35.5. The van der Waals surface area contributed by atoms with E-state index < -0.39 is 0 Å². The summed E-state index contributed by atoms with van der Waals surface area (Å²) in [5, 5.41) is 4.94. The molecule has 0 saturated heterocycles. The van der Waals surface area contributed by atoms with Gasteiger partial charge < -0.3 is 0 Å². The summed E-state index contributed by atoms with van der Waals surface area (Å²) in [4.78, 5) is 17.5. The van der Waals surface area contributed by atoms with Gasteiger partial charge in [0.2, 0.25) is 4.96 Å². The highest BCUT2D eigenvalue weighted by molar-refractivity contribution is 7.15. The van der Waals surface area contributed by atoms with E-state index in [0.29, 0.717) is 20.3 Å². The Bertz CT molecular complexity index is 1160. The summed E-state index contributed by atoms with van der Waals surface area (Å²) in [5.41, 5.74) is 1.80. The van der Waals surface area contributed by atoms with Crippen LogP contribution < -0.4 is 10.1 Å². The van der Waals surface area contributed by atoms with Crippen LogP contribution in [0.3, 0.4) is 0 Å². The van der Waals surface area contributed by atoms with E-state index in [-0.39, 0.29) is 5.56 Å². The van der Waals surface area contributed by atoms with E-state index in [1.807, 2.05) is 54.6 Å². The Labute approximate surface area is 152 Å². The Morgan fingerprint density at radius 2 is 1.72 bits per heavy atom. The van der Waals surface area contributed by atoms with E-state index in [4.69, 9.17) is 11.6 Å². The number of fused-ring (bicyclic) bond motifs is 1. The first-order valence-electron chi connectivity index (χ1n) is 7.59. The smallest absolute Gasteiger partial charge is 0.266 e. The van der Waals surface area contributed by atoms with Crippen molar-refractivity contribution in [3.8, 4) is 0 Å². The lowest BCUT2D eigenvalue weighted by atomic mass is 10.2. The zero-order valence-corrected chi connectivity index (χ0v) is 14.5. The number of halogens is 1. The molecule has 0 fully saturated rings. The van der Waals surface area contributed by atoms with Gasteiger partial charge in [0.25, 0.3) is 5.56 Å². The molecule has 4 aromatic rings. The molecule has 4 nitrogen and oxygen atoms in total. The van der Waals surface area contributed by atoms with Gasteiger partial charge >= 0.3 is 0 Å². The van der Waals surface area contributed by atoms with Crippen LogP contribution in [0.5, 0.6) is 0 Å². The monoisotopic (exact) mass is 365 g/mol. The molecular weight excluding hydrogens is 354 g/mol. The van der Waals surface area contributed by atoms with Gasteiger partial charge in [-0.05, 0) is 35.4 Å². The molecule has 0 N–H and O–H groups in total. The van der Waals surface area contributed by atoms with Crippen LogP contribution in [0.2, 0.25) is 5.02 Å². The summed E-state index contributed by atoms with van der Waals surface area (Å²) in [5.74, 6) is 0.519. The zero-order chi connectivity index (χ0) is 17.2. The second kappa shape index (κ2) is 6.63. The van der Waals surface area contributed by atoms with E-state index in [1.54, 1.807) is 18.2 Å². The highest BCUT2D eigenvalue weighted by Gasteiger charge is 2.08. The van der Waals surface area contributed by atoms with Gasteiger partial charge in [-0.2, -0.15) is 9.50 Å². The first-order valence-corrected chi connectivity index (χ1v) is 8.78. The second-order valence-corrected chi connectivity index (χ2v) is 6.82. The Morgan fingerprint density at radius 1 is 0.960 bits per heavy atom. The molecule has 0 aliphatic rings. The number of aromatic nitrogens is 3. The maximum Gasteiger partial charge on any atom is 0.291 e. The Balaban J connectivity index is 1.68. The SMILES string of the molecule is O=c1/c(=C\c2ccc(Cl)cc2)sc2nc(/C=C/c3ccccc3)nn12. The van der Waals surface area contributed by atoms with Crippen molar-refractivity contribution in [1.29, 1.82) is 0 Å². The first-order chi connectivity index (χ1) is 12.2. The quantitative estimate of drug-likeness (QED) is 0.558. The second-order valence-electron chi connectivity index (χ2n) is 5.38. The summed E-state index contributed by atoms with van der Waals surface area (Å²) < 4.78 is 1.94. The van der Waals surface area contributed by atoms with Crippen molar-refractivity contribution in [2.45, 2.75) is 0 Å². The molecule has 0 atom stereocenters. The number of hydrogen-bond donors (Lipinski definition) is 0. The lowest BCUT2D eigenvalue weighted by Gasteiger charge is -1.91. The molecule has 122 valence electrons. The minimum absolute atomic E-state index is 0.165. The molecule has 0 amide bonds. The van der Waals surface area contributed by atoms with Gasteiger partial charge in [-0.25, -0.2) is 0 Å². The van der Waals surface area contributed by atoms with E-state index in [0.717, 1.165) is 11.1 Å². The lowest BCUT2D eigenvalue weighted by Crippen LogP contribution is -2.23. The van der Waals surface area contributed by atoms with Crippen molar-refractivity contribution in [3.05, 3.63) is 91.5 Å². The molecule has 0 spiro atoms. The third kappa shape index (κ3) is 3.38. The first kappa shape index (κ1) is 15.7. The molecule has 2 aromatic heterocycles. The van der Waals surface area contributed by atoms with E-state index >= 15 is 0 Å². The standard InChI is InChI=1S/C19H12ClN3OS/c20-15-9-6-14(7-10-15)12-16-18(24)23-19(25-16)21-17(22-23)11-8-13-4-2-1-3-5-13/h1-12H/b11-8+,16-12+. The van der Waals surface area contributed by atoms with Crippen LogP contribution in [0.4, 0.5) is 0 Å². The average Bonchev–Trinajstić information content (AvgIpc) is 3.15. The van der Waals surface area contributed by atoms with Gasteiger partial charge in [-0.3, -0.25) is 4.79 Å². The van der Waals surface area contributed by atoms with Crippen molar-refractivity contribution in [1.82, 2.24) is 14.6 Å². The molecule has 2 aromatic carbocycles. The van der Waals surface area contributed by atoms with Crippen molar-refractivity contribution >= 4 is 46.1 Å².